The normalized spacial score (nSPS) is 11.4. The van der Waals surface area contributed by atoms with Gasteiger partial charge in [0, 0.05) is 0 Å². The molecule has 0 heterocycles. The molecule has 2 nitrogen and oxygen atoms in total. The van der Waals surface area contributed by atoms with E-state index >= 15 is 0 Å². The Balaban J connectivity index is 3.15. The number of Topliss-reactive ketones (excluding diaryl/α,β-unsaturated/α-hetero) is 1. The van der Waals surface area contributed by atoms with Crippen LogP contribution in [0.3, 0.4) is 0 Å². The molecular formula is C9H5Cl2F3O2. The van der Waals surface area contributed by atoms with Gasteiger partial charge in [0.1, 0.15) is 5.75 Å². The van der Waals surface area contributed by atoms with E-state index in [1.807, 2.05) is 0 Å². The van der Waals surface area contributed by atoms with Crippen LogP contribution in [0, 0.1) is 0 Å². The SMILES string of the molecule is CC(=O)c1c(Cl)cc(OC(F)(F)F)cc1Cl. The van der Waals surface area contributed by atoms with Crippen molar-refractivity contribution < 1.29 is 22.7 Å². The molecule has 0 amide bonds. The fourth-order valence-electron chi connectivity index (χ4n) is 1.08. The van der Waals surface area contributed by atoms with Crippen molar-refractivity contribution in [3.05, 3.63) is 27.7 Å². The van der Waals surface area contributed by atoms with Crippen LogP contribution in [0.2, 0.25) is 10.0 Å². The van der Waals surface area contributed by atoms with Crippen molar-refractivity contribution in [2.45, 2.75) is 13.3 Å². The molecule has 0 bridgehead atoms. The molecule has 0 aliphatic carbocycles. The number of benzene rings is 1. The molecule has 16 heavy (non-hydrogen) atoms. The third kappa shape index (κ3) is 3.28. The van der Waals surface area contributed by atoms with Crippen molar-refractivity contribution >= 4 is 29.0 Å². The second kappa shape index (κ2) is 4.51. The summed E-state index contributed by atoms with van der Waals surface area (Å²) in [5.74, 6) is -0.999. The molecule has 1 rings (SSSR count). The molecule has 0 aliphatic heterocycles. The molecule has 1 aromatic rings. The van der Waals surface area contributed by atoms with Crippen LogP contribution in [-0.4, -0.2) is 12.1 Å². The van der Waals surface area contributed by atoms with E-state index in [1.165, 1.54) is 6.92 Å². The first-order chi connectivity index (χ1) is 7.20. The van der Waals surface area contributed by atoms with Crippen molar-refractivity contribution in [1.29, 1.82) is 0 Å². The highest BCUT2D eigenvalue weighted by molar-refractivity contribution is 6.39. The van der Waals surface area contributed by atoms with Crippen molar-refractivity contribution in [3.8, 4) is 5.75 Å². The molecule has 0 unspecified atom stereocenters. The van der Waals surface area contributed by atoms with E-state index in [-0.39, 0.29) is 15.6 Å². The highest BCUT2D eigenvalue weighted by Gasteiger charge is 2.31. The lowest BCUT2D eigenvalue weighted by molar-refractivity contribution is -0.274. The summed E-state index contributed by atoms with van der Waals surface area (Å²) >= 11 is 11.2. The summed E-state index contributed by atoms with van der Waals surface area (Å²) in [6.45, 7) is 1.21. The van der Waals surface area contributed by atoms with Gasteiger partial charge >= 0.3 is 6.36 Å². The molecule has 0 saturated carbocycles. The zero-order valence-corrected chi connectivity index (χ0v) is 9.37. The van der Waals surface area contributed by atoms with Gasteiger partial charge in [-0.15, -0.1) is 13.2 Å². The van der Waals surface area contributed by atoms with Crippen LogP contribution in [0.15, 0.2) is 12.1 Å². The number of ether oxygens (including phenoxy) is 1. The highest BCUT2D eigenvalue weighted by atomic mass is 35.5. The summed E-state index contributed by atoms with van der Waals surface area (Å²) in [4.78, 5) is 11.1. The quantitative estimate of drug-likeness (QED) is 0.758. The van der Waals surface area contributed by atoms with Gasteiger partial charge in [-0.05, 0) is 19.1 Å². The van der Waals surface area contributed by atoms with Gasteiger partial charge in [0.2, 0.25) is 0 Å². The summed E-state index contributed by atoms with van der Waals surface area (Å²) in [5, 5.41) is -0.362. The van der Waals surface area contributed by atoms with Gasteiger partial charge in [-0.3, -0.25) is 4.79 Å². The third-order valence-electron chi connectivity index (χ3n) is 1.60. The Morgan fingerprint density at radius 3 is 2.00 bits per heavy atom. The lowest BCUT2D eigenvalue weighted by atomic mass is 10.1. The minimum Gasteiger partial charge on any atom is -0.406 e. The minimum absolute atomic E-state index is 0.0298. The van der Waals surface area contributed by atoms with E-state index in [1.54, 1.807) is 0 Å². The monoisotopic (exact) mass is 272 g/mol. The van der Waals surface area contributed by atoms with E-state index < -0.39 is 17.9 Å². The molecule has 0 spiro atoms. The third-order valence-corrected chi connectivity index (χ3v) is 2.20. The van der Waals surface area contributed by atoms with Crippen LogP contribution in [0.5, 0.6) is 5.75 Å². The van der Waals surface area contributed by atoms with Gasteiger partial charge in [-0.25, -0.2) is 0 Å². The molecule has 88 valence electrons. The molecule has 0 radical (unpaired) electrons. The molecule has 7 heteroatoms. The van der Waals surface area contributed by atoms with Gasteiger partial charge in [0.15, 0.2) is 5.78 Å². The zero-order chi connectivity index (χ0) is 12.5. The van der Waals surface area contributed by atoms with E-state index in [0.29, 0.717) is 0 Å². The van der Waals surface area contributed by atoms with E-state index in [0.717, 1.165) is 12.1 Å². The second-order valence-corrected chi connectivity index (χ2v) is 3.68. The van der Waals surface area contributed by atoms with Crippen LogP contribution < -0.4 is 4.74 Å². The van der Waals surface area contributed by atoms with Gasteiger partial charge in [0.25, 0.3) is 0 Å². The first-order valence-electron chi connectivity index (χ1n) is 3.96. The van der Waals surface area contributed by atoms with Crippen LogP contribution in [0.4, 0.5) is 13.2 Å². The van der Waals surface area contributed by atoms with E-state index in [9.17, 15) is 18.0 Å². The number of halogens is 5. The fourth-order valence-corrected chi connectivity index (χ4v) is 1.81. The van der Waals surface area contributed by atoms with Crippen LogP contribution in [0.1, 0.15) is 17.3 Å². The topological polar surface area (TPSA) is 26.3 Å². The maximum absolute atomic E-state index is 11.9. The van der Waals surface area contributed by atoms with Gasteiger partial charge in [-0.2, -0.15) is 0 Å². The smallest absolute Gasteiger partial charge is 0.406 e. The Kier molecular flexibility index (Phi) is 3.70. The average Bonchev–Trinajstić information content (AvgIpc) is 1.96. The summed E-state index contributed by atoms with van der Waals surface area (Å²) in [7, 11) is 0. The second-order valence-electron chi connectivity index (χ2n) is 2.87. The molecule has 0 saturated heterocycles. The predicted octanol–water partition coefficient (Wildman–Crippen LogP) is 4.09. The summed E-state index contributed by atoms with van der Waals surface area (Å²) in [5.41, 5.74) is -0.0298. The number of ketones is 1. The van der Waals surface area contributed by atoms with Crippen molar-refractivity contribution in [3.63, 3.8) is 0 Å². The van der Waals surface area contributed by atoms with Crippen LogP contribution in [0.25, 0.3) is 0 Å². The van der Waals surface area contributed by atoms with Crippen molar-refractivity contribution in [2.75, 3.05) is 0 Å². The lowest BCUT2D eigenvalue weighted by Gasteiger charge is -2.11. The average molecular weight is 273 g/mol. The Morgan fingerprint density at radius 2 is 1.69 bits per heavy atom. The first kappa shape index (κ1) is 13.1. The molecule has 0 aromatic heterocycles. The maximum Gasteiger partial charge on any atom is 0.573 e. The fraction of sp³-hybridized carbons (Fsp3) is 0.222. The maximum atomic E-state index is 11.9. The summed E-state index contributed by atoms with van der Waals surface area (Å²) < 4.78 is 39.3. The molecule has 0 N–H and O–H groups in total. The summed E-state index contributed by atoms with van der Waals surface area (Å²) in [6, 6.07) is 1.77. The zero-order valence-electron chi connectivity index (χ0n) is 7.86. The highest BCUT2D eigenvalue weighted by Crippen LogP contribution is 2.33. The summed E-state index contributed by atoms with van der Waals surface area (Å²) in [6.07, 6.45) is -4.83. The molecular weight excluding hydrogens is 268 g/mol. The Morgan fingerprint density at radius 1 is 1.25 bits per heavy atom. The van der Waals surface area contributed by atoms with Crippen molar-refractivity contribution in [2.24, 2.45) is 0 Å². The van der Waals surface area contributed by atoms with Crippen LogP contribution >= 0.6 is 23.2 Å². The Hall–Kier alpha value is -0.940. The number of carbonyl (C=O) groups is 1. The minimum atomic E-state index is -4.83. The Labute approximate surface area is 98.9 Å². The number of hydrogen-bond donors (Lipinski definition) is 0. The van der Waals surface area contributed by atoms with Gasteiger partial charge in [-0.1, -0.05) is 23.2 Å². The standard InChI is InChI=1S/C9H5Cl2F3O2/c1-4(15)8-6(10)2-5(3-7(8)11)16-9(12,13)14/h2-3H,1H3. The van der Waals surface area contributed by atoms with Crippen molar-refractivity contribution in [1.82, 2.24) is 0 Å². The largest absolute Gasteiger partial charge is 0.573 e. The molecule has 0 fully saturated rings. The molecule has 0 atom stereocenters. The number of hydrogen-bond acceptors (Lipinski definition) is 2. The van der Waals surface area contributed by atoms with Gasteiger partial charge < -0.3 is 4.74 Å². The molecule has 1 aromatic carbocycles. The lowest BCUT2D eigenvalue weighted by Crippen LogP contribution is -2.17. The Bertz CT molecular complexity index is 406. The van der Waals surface area contributed by atoms with Crippen LogP contribution in [-0.2, 0) is 0 Å². The predicted molar refractivity (Wildman–Crippen MR) is 53.1 cm³/mol. The first-order valence-corrected chi connectivity index (χ1v) is 4.72. The number of alkyl halides is 3. The number of carbonyl (C=O) groups excluding carboxylic acids is 1. The van der Waals surface area contributed by atoms with E-state index in [2.05, 4.69) is 4.74 Å². The molecule has 0 aliphatic rings. The number of rotatable bonds is 2. The van der Waals surface area contributed by atoms with E-state index in [4.69, 9.17) is 23.2 Å². The van der Waals surface area contributed by atoms with Gasteiger partial charge in [0.05, 0.1) is 15.6 Å².